The van der Waals surface area contributed by atoms with Gasteiger partial charge in [-0.2, -0.15) is 0 Å². The molecule has 1 saturated heterocycles. The highest BCUT2D eigenvalue weighted by Gasteiger charge is 2.26. The maximum atomic E-state index is 13.0. The average molecular weight is 368 g/mol. The minimum atomic E-state index is 0.0241. The van der Waals surface area contributed by atoms with Gasteiger partial charge >= 0.3 is 0 Å². The van der Waals surface area contributed by atoms with Gasteiger partial charge < -0.3 is 24.4 Å². The summed E-state index contributed by atoms with van der Waals surface area (Å²) < 4.78 is 16.2. The lowest BCUT2D eigenvalue weighted by atomic mass is 10.0. The van der Waals surface area contributed by atoms with Crippen molar-refractivity contribution in [2.24, 2.45) is 0 Å². The van der Waals surface area contributed by atoms with E-state index in [1.165, 1.54) is 5.56 Å². The van der Waals surface area contributed by atoms with Gasteiger partial charge in [0.05, 0.1) is 12.8 Å². The second-order valence-corrected chi connectivity index (χ2v) is 7.01. The van der Waals surface area contributed by atoms with Crippen LogP contribution < -0.4 is 19.5 Å². The van der Waals surface area contributed by atoms with Gasteiger partial charge in [-0.25, -0.2) is 0 Å². The van der Waals surface area contributed by atoms with Gasteiger partial charge in [0.25, 0.3) is 5.91 Å². The Morgan fingerprint density at radius 3 is 2.89 bits per heavy atom. The Balaban J connectivity index is 1.46. The molecule has 4 rings (SSSR count). The number of benzene rings is 2. The number of nitrogens with one attached hydrogen (secondary N) is 1. The van der Waals surface area contributed by atoms with E-state index in [4.69, 9.17) is 14.2 Å². The molecular formula is C21H24N2O4. The smallest absolute Gasteiger partial charge is 0.254 e. The van der Waals surface area contributed by atoms with E-state index in [-0.39, 0.29) is 18.7 Å². The number of rotatable bonds is 4. The molecule has 2 aromatic rings. The molecular weight excluding hydrogens is 344 g/mol. The number of hydrogen-bond acceptors (Lipinski definition) is 5. The summed E-state index contributed by atoms with van der Waals surface area (Å²) in [7, 11) is 1.67. The number of fused-ring (bicyclic) bond motifs is 1. The molecule has 0 spiro atoms. The molecule has 2 aromatic carbocycles. The largest absolute Gasteiger partial charge is 0.495 e. The first-order valence-corrected chi connectivity index (χ1v) is 9.24. The van der Waals surface area contributed by atoms with E-state index in [2.05, 4.69) is 18.3 Å². The number of carbonyl (C=O) groups is 1. The molecule has 0 aromatic heterocycles. The van der Waals surface area contributed by atoms with Crippen LogP contribution in [0.4, 0.5) is 5.69 Å². The van der Waals surface area contributed by atoms with Crippen molar-refractivity contribution in [3.05, 3.63) is 47.5 Å². The summed E-state index contributed by atoms with van der Waals surface area (Å²) in [5.74, 6) is 2.17. The maximum absolute atomic E-state index is 13.0. The standard InChI is InChI=1S/C21H24N2O4/c1-14-5-7-18(25-2)17(10-14)22-16-4-3-9-23(12-16)21(24)15-6-8-19-20(11-15)27-13-26-19/h5-8,10-11,16,22H,3-4,9,12-13H2,1-2H3. The van der Waals surface area contributed by atoms with E-state index in [0.717, 1.165) is 30.8 Å². The Morgan fingerprint density at radius 2 is 2.04 bits per heavy atom. The van der Waals surface area contributed by atoms with Crippen molar-refractivity contribution < 1.29 is 19.0 Å². The first kappa shape index (κ1) is 17.5. The molecule has 1 amide bonds. The average Bonchev–Trinajstić information content (AvgIpc) is 3.15. The van der Waals surface area contributed by atoms with Crippen LogP contribution >= 0.6 is 0 Å². The molecule has 1 atom stereocenters. The summed E-state index contributed by atoms with van der Waals surface area (Å²) in [6.07, 6.45) is 1.98. The van der Waals surface area contributed by atoms with Gasteiger partial charge in [-0.15, -0.1) is 0 Å². The predicted molar refractivity (Wildman–Crippen MR) is 103 cm³/mol. The predicted octanol–water partition coefficient (Wildman–Crippen LogP) is 3.45. The van der Waals surface area contributed by atoms with Crippen molar-refractivity contribution in [1.82, 2.24) is 4.90 Å². The van der Waals surface area contributed by atoms with Crippen molar-refractivity contribution in [2.75, 3.05) is 32.3 Å². The molecule has 27 heavy (non-hydrogen) atoms. The van der Waals surface area contributed by atoms with Gasteiger partial charge in [0.2, 0.25) is 6.79 Å². The molecule has 2 aliphatic rings. The number of hydrogen-bond donors (Lipinski definition) is 1. The second-order valence-electron chi connectivity index (χ2n) is 7.01. The maximum Gasteiger partial charge on any atom is 0.254 e. The van der Waals surface area contributed by atoms with E-state index in [1.54, 1.807) is 25.3 Å². The third-order valence-electron chi connectivity index (χ3n) is 5.04. The lowest BCUT2D eigenvalue weighted by Gasteiger charge is -2.34. The van der Waals surface area contributed by atoms with Gasteiger partial charge in [-0.1, -0.05) is 6.07 Å². The number of amides is 1. The third kappa shape index (κ3) is 3.65. The summed E-state index contributed by atoms with van der Waals surface area (Å²) in [6.45, 7) is 3.68. The second kappa shape index (κ2) is 7.39. The molecule has 142 valence electrons. The van der Waals surface area contributed by atoms with Crippen molar-refractivity contribution in [3.8, 4) is 17.2 Å². The number of nitrogens with zero attached hydrogens (tertiary/aromatic N) is 1. The van der Waals surface area contributed by atoms with E-state index >= 15 is 0 Å². The first-order chi connectivity index (χ1) is 13.1. The van der Waals surface area contributed by atoms with Crippen molar-refractivity contribution in [3.63, 3.8) is 0 Å². The van der Waals surface area contributed by atoms with Crippen molar-refractivity contribution in [1.29, 1.82) is 0 Å². The highest BCUT2D eigenvalue weighted by atomic mass is 16.7. The van der Waals surface area contributed by atoms with Crippen LogP contribution in [0.3, 0.4) is 0 Å². The molecule has 0 saturated carbocycles. The summed E-state index contributed by atoms with van der Waals surface area (Å²) in [6, 6.07) is 11.6. The van der Waals surface area contributed by atoms with Crippen LogP contribution in [0.25, 0.3) is 0 Å². The van der Waals surface area contributed by atoms with Crippen LogP contribution in [0.5, 0.6) is 17.2 Å². The van der Waals surface area contributed by atoms with E-state index < -0.39 is 0 Å². The Labute approximate surface area is 159 Å². The number of carbonyl (C=O) groups excluding carboxylic acids is 1. The van der Waals surface area contributed by atoms with Gasteiger partial charge in [-0.05, 0) is 55.7 Å². The van der Waals surface area contributed by atoms with Gasteiger partial charge in [0.15, 0.2) is 11.5 Å². The summed E-state index contributed by atoms with van der Waals surface area (Å²) in [4.78, 5) is 14.9. The molecule has 6 heteroatoms. The van der Waals surface area contributed by atoms with E-state index in [1.807, 2.05) is 17.0 Å². The van der Waals surface area contributed by atoms with E-state index in [9.17, 15) is 4.79 Å². The number of likely N-dealkylation sites (tertiary alicyclic amines) is 1. The molecule has 6 nitrogen and oxygen atoms in total. The molecule has 1 N–H and O–H groups in total. The lowest BCUT2D eigenvalue weighted by molar-refractivity contribution is 0.0714. The van der Waals surface area contributed by atoms with Crippen LogP contribution in [0.15, 0.2) is 36.4 Å². The van der Waals surface area contributed by atoms with Gasteiger partial charge in [0, 0.05) is 24.7 Å². The van der Waals surface area contributed by atoms with Gasteiger partial charge in [0.1, 0.15) is 5.75 Å². The third-order valence-corrected chi connectivity index (χ3v) is 5.04. The fourth-order valence-corrected chi connectivity index (χ4v) is 3.65. The fourth-order valence-electron chi connectivity index (χ4n) is 3.65. The topological polar surface area (TPSA) is 60.0 Å². The Morgan fingerprint density at radius 1 is 1.19 bits per heavy atom. The number of aryl methyl sites for hydroxylation is 1. The molecule has 0 radical (unpaired) electrons. The zero-order chi connectivity index (χ0) is 18.8. The quantitative estimate of drug-likeness (QED) is 0.896. The van der Waals surface area contributed by atoms with Crippen LogP contribution in [0.1, 0.15) is 28.8 Å². The molecule has 0 aliphatic carbocycles. The first-order valence-electron chi connectivity index (χ1n) is 9.24. The number of anilines is 1. The van der Waals surface area contributed by atoms with Crippen molar-refractivity contribution >= 4 is 11.6 Å². The molecule has 2 heterocycles. The van der Waals surface area contributed by atoms with Crippen LogP contribution in [-0.2, 0) is 0 Å². The lowest BCUT2D eigenvalue weighted by Crippen LogP contribution is -2.45. The number of ether oxygens (including phenoxy) is 3. The molecule has 0 bridgehead atoms. The summed E-state index contributed by atoms with van der Waals surface area (Å²) >= 11 is 0. The fraction of sp³-hybridized carbons (Fsp3) is 0.381. The Bertz CT molecular complexity index is 852. The van der Waals surface area contributed by atoms with Gasteiger partial charge in [-0.3, -0.25) is 4.79 Å². The summed E-state index contributed by atoms with van der Waals surface area (Å²) in [5.41, 5.74) is 2.77. The zero-order valence-corrected chi connectivity index (χ0v) is 15.7. The Kier molecular flexibility index (Phi) is 4.79. The zero-order valence-electron chi connectivity index (χ0n) is 15.7. The molecule has 1 fully saturated rings. The van der Waals surface area contributed by atoms with Crippen LogP contribution in [0, 0.1) is 6.92 Å². The number of methoxy groups -OCH3 is 1. The van der Waals surface area contributed by atoms with Crippen LogP contribution in [-0.4, -0.2) is 43.8 Å². The summed E-state index contributed by atoms with van der Waals surface area (Å²) in [5, 5.41) is 3.56. The minimum absolute atomic E-state index is 0.0241. The number of piperidine rings is 1. The highest BCUT2D eigenvalue weighted by molar-refractivity contribution is 5.95. The Hall–Kier alpha value is -2.89. The normalized spacial score (nSPS) is 18.3. The highest BCUT2D eigenvalue weighted by Crippen LogP contribution is 2.33. The van der Waals surface area contributed by atoms with E-state index in [0.29, 0.717) is 23.6 Å². The molecule has 1 unspecified atom stereocenters. The van der Waals surface area contributed by atoms with Crippen LogP contribution in [0.2, 0.25) is 0 Å². The SMILES string of the molecule is COc1ccc(C)cc1NC1CCCN(C(=O)c2ccc3c(c2)OCO3)C1. The monoisotopic (exact) mass is 368 g/mol. The molecule has 2 aliphatic heterocycles. The van der Waals surface area contributed by atoms with Crippen molar-refractivity contribution in [2.45, 2.75) is 25.8 Å². The minimum Gasteiger partial charge on any atom is -0.495 e.